The van der Waals surface area contributed by atoms with E-state index in [-0.39, 0.29) is 18.0 Å². The summed E-state index contributed by atoms with van der Waals surface area (Å²) in [6, 6.07) is 15.2. The van der Waals surface area contributed by atoms with Gasteiger partial charge in [-0.25, -0.2) is 17.7 Å². The van der Waals surface area contributed by atoms with E-state index in [2.05, 4.69) is 4.98 Å². The Hall–Kier alpha value is -2.09. The third-order valence-corrected chi connectivity index (χ3v) is 6.31. The molecule has 0 unspecified atom stereocenters. The molecule has 0 fully saturated rings. The van der Waals surface area contributed by atoms with Crippen molar-refractivity contribution < 1.29 is 13.2 Å². The van der Waals surface area contributed by atoms with Crippen LogP contribution in [0.1, 0.15) is 0 Å². The predicted molar refractivity (Wildman–Crippen MR) is 100 cm³/mol. The lowest BCUT2D eigenvalue weighted by Crippen LogP contribution is -2.34. The van der Waals surface area contributed by atoms with Crippen molar-refractivity contribution in [2.75, 3.05) is 17.5 Å². The summed E-state index contributed by atoms with van der Waals surface area (Å²) in [7, 11) is -3.71. The van der Waals surface area contributed by atoms with Gasteiger partial charge >= 0.3 is 0 Å². The molecule has 3 aromatic rings. The topological polar surface area (TPSA) is 59.5 Å². The second kappa shape index (κ2) is 7.86. The quantitative estimate of drug-likeness (QED) is 0.606. The molecule has 0 amide bonds. The van der Waals surface area contributed by atoms with Gasteiger partial charge in [-0.05, 0) is 36.4 Å². The van der Waals surface area contributed by atoms with Crippen molar-refractivity contribution in [2.24, 2.45) is 0 Å². The minimum Gasteiger partial charge on any atom is -0.492 e. The van der Waals surface area contributed by atoms with Crippen LogP contribution < -0.4 is 9.04 Å². The van der Waals surface area contributed by atoms with E-state index >= 15 is 0 Å². The molecule has 0 saturated heterocycles. The number of benzene rings is 2. The van der Waals surface area contributed by atoms with Crippen LogP contribution >= 0.6 is 22.9 Å². The van der Waals surface area contributed by atoms with E-state index in [1.54, 1.807) is 66.2 Å². The summed E-state index contributed by atoms with van der Waals surface area (Å²) in [5.41, 5.74) is 0. The van der Waals surface area contributed by atoms with E-state index in [1.807, 2.05) is 0 Å². The number of rotatable bonds is 7. The molecule has 2 aromatic carbocycles. The Bertz CT molecular complexity index is 899. The number of nitrogens with zero attached hydrogens (tertiary/aromatic N) is 2. The van der Waals surface area contributed by atoms with Crippen molar-refractivity contribution in [3.05, 3.63) is 71.2 Å². The minimum absolute atomic E-state index is 0.146. The maximum Gasteiger partial charge on any atom is 0.266 e. The van der Waals surface area contributed by atoms with Crippen LogP contribution in [0.4, 0.5) is 5.13 Å². The summed E-state index contributed by atoms with van der Waals surface area (Å²) in [5, 5.41) is 2.76. The molecule has 0 N–H and O–H groups in total. The Morgan fingerprint density at radius 3 is 2.44 bits per heavy atom. The van der Waals surface area contributed by atoms with Crippen LogP contribution in [-0.4, -0.2) is 26.6 Å². The maximum absolute atomic E-state index is 12.9. The Balaban J connectivity index is 1.78. The molecule has 3 rings (SSSR count). The number of thiazole rings is 1. The fraction of sp³-hybridized carbons (Fsp3) is 0.118. The fourth-order valence-corrected chi connectivity index (χ4v) is 4.60. The molecule has 25 heavy (non-hydrogen) atoms. The molecular formula is C17H15ClN2O3S2. The van der Waals surface area contributed by atoms with E-state index in [0.29, 0.717) is 15.9 Å². The molecule has 5 nitrogen and oxygen atoms in total. The van der Waals surface area contributed by atoms with Crippen LogP contribution in [-0.2, 0) is 10.0 Å². The Labute approximate surface area is 155 Å². The Morgan fingerprint density at radius 2 is 1.80 bits per heavy atom. The number of hydrogen-bond donors (Lipinski definition) is 0. The molecule has 1 heterocycles. The highest BCUT2D eigenvalue weighted by Gasteiger charge is 2.26. The van der Waals surface area contributed by atoms with E-state index in [4.69, 9.17) is 16.3 Å². The maximum atomic E-state index is 12.9. The van der Waals surface area contributed by atoms with Crippen LogP contribution in [0, 0.1) is 0 Å². The van der Waals surface area contributed by atoms with E-state index < -0.39 is 10.0 Å². The summed E-state index contributed by atoms with van der Waals surface area (Å²) in [6.45, 7) is 0.334. The van der Waals surface area contributed by atoms with E-state index in [9.17, 15) is 8.42 Å². The first-order valence-corrected chi connectivity index (χ1v) is 10.1. The fourth-order valence-electron chi connectivity index (χ4n) is 2.15. The highest BCUT2D eigenvalue weighted by atomic mass is 35.5. The molecule has 0 aliphatic rings. The van der Waals surface area contributed by atoms with Gasteiger partial charge in [0.15, 0.2) is 5.13 Å². The largest absolute Gasteiger partial charge is 0.492 e. The molecule has 130 valence electrons. The molecule has 0 aliphatic carbocycles. The van der Waals surface area contributed by atoms with Crippen molar-refractivity contribution in [1.29, 1.82) is 0 Å². The minimum atomic E-state index is -3.71. The number of aromatic nitrogens is 1. The zero-order valence-corrected chi connectivity index (χ0v) is 15.5. The number of sulfonamides is 1. The lowest BCUT2D eigenvalue weighted by molar-refractivity contribution is 0.328. The van der Waals surface area contributed by atoms with Gasteiger partial charge in [0.1, 0.15) is 12.4 Å². The summed E-state index contributed by atoms with van der Waals surface area (Å²) in [6.07, 6.45) is 1.58. The summed E-state index contributed by atoms with van der Waals surface area (Å²) >= 11 is 7.10. The van der Waals surface area contributed by atoms with Crippen LogP contribution in [0.3, 0.4) is 0 Å². The van der Waals surface area contributed by atoms with Gasteiger partial charge in [-0.2, -0.15) is 0 Å². The van der Waals surface area contributed by atoms with Crippen LogP contribution in [0.2, 0.25) is 5.02 Å². The van der Waals surface area contributed by atoms with Crippen molar-refractivity contribution in [1.82, 2.24) is 4.98 Å². The van der Waals surface area contributed by atoms with Gasteiger partial charge in [-0.3, -0.25) is 0 Å². The zero-order valence-electron chi connectivity index (χ0n) is 13.1. The van der Waals surface area contributed by atoms with Crippen molar-refractivity contribution in [3.63, 3.8) is 0 Å². The molecule has 0 spiro atoms. The smallest absolute Gasteiger partial charge is 0.266 e. The molecular weight excluding hydrogens is 380 g/mol. The average molecular weight is 395 g/mol. The number of halogens is 1. The third kappa shape index (κ3) is 4.31. The van der Waals surface area contributed by atoms with Crippen molar-refractivity contribution >= 4 is 38.1 Å². The molecule has 0 saturated carbocycles. The first-order chi connectivity index (χ1) is 12.1. The highest BCUT2D eigenvalue weighted by Crippen LogP contribution is 2.25. The first kappa shape index (κ1) is 17.7. The molecule has 0 atom stereocenters. The molecule has 0 bridgehead atoms. The normalized spacial score (nSPS) is 11.2. The van der Waals surface area contributed by atoms with Gasteiger partial charge in [0.05, 0.1) is 11.4 Å². The van der Waals surface area contributed by atoms with E-state index in [0.717, 1.165) is 0 Å². The lowest BCUT2D eigenvalue weighted by Gasteiger charge is -2.21. The highest BCUT2D eigenvalue weighted by molar-refractivity contribution is 7.93. The van der Waals surface area contributed by atoms with Crippen LogP contribution in [0.25, 0.3) is 0 Å². The molecule has 1 aromatic heterocycles. The third-order valence-electron chi connectivity index (χ3n) is 3.34. The first-order valence-electron chi connectivity index (χ1n) is 7.43. The zero-order chi connectivity index (χ0) is 17.7. The number of anilines is 1. The van der Waals surface area contributed by atoms with Gasteiger partial charge in [0.2, 0.25) is 0 Å². The second-order valence-electron chi connectivity index (χ2n) is 5.01. The van der Waals surface area contributed by atoms with Crippen LogP contribution in [0.15, 0.2) is 71.1 Å². The van der Waals surface area contributed by atoms with Gasteiger partial charge in [0, 0.05) is 16.6 Å². The SMILES string of the molecule is O=S(=O)(c1ccccc1)N(CCOc1ccc(Cl)cc1)c1nccs1. The Kier molecular flexibility index (Phi) is 5.57. The average Bonchev–Trinajstić information content (AvgIpc) is 3.15. The summed E-state index contributed by atoms with van der Waals surface area (Å²) in [4.78, 5) is 4.36. The van der Waals surface area contributed by atoms with Gasteiger partial charge in [-0.1, -0.05) is 29.8 Å². The Morgan fingerprint density at radius 1 is 1.08 bits per heavy atom. The standard InChI is InChI=1S/C17H15ClN2O3S2/c18-14-6-8-15(9-7-14)23-12-11-20(17-19-10-13-24-17)25(21,22)16-4-2-1-3-5-16/h1-10,13H,11-12H2. The number of hydrogen-bond acceptors (Lipinski definition) is 5. The molecule has 0 aliphatic heterocycles. The number of ether oxygens (including phenoxy) is 1. The van der Waals surface area contributed by atoms with Crippen molar-refractivity contribution in [3.8, 4) is 5.75 Å². The van der Waals surface area contributed by atoms with Gasteiger partial charge in [-0.15, -0.1) is 11.3 Å². The van der Waals surface area contributed by atoms with Gasteiger partial charge < -0.3 is 4.74 Å². The lowest BCUT2D eigenvalue weighted by atomic mass is 10.3. The van der Waals surface area contributed by atoms with Crippen molar-refractivity contribution in [2.45, 2.75) is 4.90 Å². The van der Waals surface area contributed by atoms with Gasteiger partial charge in [0.25, 0.3) is 10.0 Å². The van der Waals surface area contributed by atoms with Crippen LogP contribution in [0.5, 0.6) is 5.75 Å². The summed E-state index contributed by atoms with van der Waals surface area (Å²) in [5.74, 6) is 0.626. The molecule has 8 heteroatoms. The second-order valence-corrected chi connectivity index (χ2v) is 8.18. The monoisotopic (exact) mass is 394 g/mol. The summed E-state index contributed by atoms with van der Waals surface area (Å²) < 4.78 is 32.8. The predicted octanol–water partition coefficient (Wildman–Crippen LogP) is 4.07. The molecule has 0 radical (unpaired) electrons. The van der Waals surface area contributed by atoms with E-state index in [1.165, 1.54) is 15.6 Å².